The molecule has 0 aliphatic heterocycles. The second-order valence-corrected chi connectivity index (χ2v) is 4.92. The van der Waals surface area contributed by atoms with Crippen LogP contribution in [0.5, 0.6) is 0 Å². The summed E-state index contributed by atoms with van der Waals surface area (Å²) in [5.41, 5.74) is 5.07. The number of carbonyl (C=O) groups excluding carboxylic acids is 1. The van der Waals surface area contributed by atoms with Gasteiger partial charge in [-0.1, -0.05) is 11.3 Å². The number of nitrogens with one attached hydrogen (secondary N) is 1. The number of nitrogens with two attached hydrogens (primary N) is 1. The normalized spacial score (nSPS) is 16.5. The molecule has 0 saturated heterocycles. The molecule has 3 N–H and O–H groups in total. The predicted molar refractivity (Wildman–Crippen MR) is 64.9 cm³/mol. The summed E-state index contributed by atoms with van der Waals surface area (Å²) in [7, 11) is 0. The molecule has 1 aliphatic carbocycles. The minimum Gasteiger partial charge on any atom is -0.365 e. The smallest absolute Gasteiger partial charge is 0.254 e. The Hall–Kier alpha value is -1.01. The first kappa shape index (κ1) is 10.5. The van der Waals surface area contributed by atoms with Gasteiger partial charge in [-0.25, -0.2) is 4.98 Å². The second kappa shape index (κ2) is 4.24. The Labute approximate surface area is 97.0 Å². The van der Waals surface area contributed by atoms with Crippen LogP contribution in [0, 0.1) is 0 Å². The molecule has 2 rings (SSSR count). The molecule has 1 heterocycles. The number of thiazole rings is 1. The first-order chi connectivity index (χ1) is 7.15. The molecule has 6 heteroatoms. The third-order valence-electron chi connectivity index (χ3n) is 1.96. The van der Waals surface area contributed by atoms with Crippen LogP contribution in [0.15, 0.2) is 11.1 Å². The monoisotopic (exact) mass is 241 g/mol. The van der Waals surface area contributed by atoms with Gasteiger partial charge in [0.2, 0.25) is 0 Å². The van der Waals surface area contributed by atoms with Crippen molar-refractivity contribution in [1.82, 2.24) is 4.98 Å². The van der Waals surface area contributed by atoms with Gasteiger partial charge in [0.25, 0.3) is 5.91 Å². The van der Waals surface area contributed by atoms with Crippen LogP contribution in [0.4, 0.5) is 5.13 Å². The number of rotatable bonds is 4. The van der Waals surface area contributed by atoms with E-state index in [1.165, 1.54) is 24.2 Å². The zero-order chi connectivity index (χ0) is 10.8. The van der Waals surface area contributed by atoms with Crippen LogP contribution in [0.25, 0.3) is 6.08 Å². The van der Waals surface area contributed by atoms with Crippen molar-refractivity contribution < 1.29 is 4.79 Å². The van der Waals surface area contributed by atoms with E-state index >= 15 is 0 Å². The van der Waals surface area contributed by atoms with E-state index < -0.39 is 5.91 Å². The van der Waals surface area contributed by atoms with Crippen LogP contribution >= 0.6 is 24.0 Å². The first-order valence-electron chi connectivity index (χ1n) is 4.58. The number of thiol groups is 1. The van der Waals surface area contributed by atoms with E-state index in [-0.39, 0.29) is 4.91 Å². The first-order valence-corrected chi connectivity index (χ1v) is 5.84. The molecule has 1 fully saturated rings. The summed E-state index contributed by atoms with van der Waals surface area (Å²) in [6.07, 6.45) is 5.75. The summed E-state index contributed by atoms with van der Waals surface area (Å²) in [4.78, 5) is 16.1. The third kappa shape index (κ3) is 2.97. The molecule has 1 saturated carbocycles. The molecule has 15 heavy (non-hydrogen) atoms. The topological polar surface area (TPSA) is 68.0 Å². The highest BCUT2D eigenvalue weighted by atomic mass is 32.1. The quantitative estimate of drug-likeness (QED) is 0.552. The minimum absolute atomic E-state index is 0.247. The van der Waals surface area contributed by atoms with E-state index in [9.17, 15) is 4.79 Å². The van der Waals surface area contributed by atoms with Crippen LogP contribution in [0.2, 0.25) is 0 Å². The van der Waals surface area contributed by atoms with Gasteiger partial charge in [-0.15, -0.1) is 12.6 Å². The van der Waals surface area contributed by atoms with E-state index in [0.717, 1.165) is 10.0 Å². The zero-order valence-electron chi connectivity index (χ0n) is 7.93. The Morgan fingerprint density at radius 3 is 3.07 bits per heavy atom. The van der Waals surface area contributed by atoms with Crippen LogP contribution in [-0.4, -0.2) is 16.9 Å². The van der Waals surface area contributed by atoms with Gasteiger partial charge in [0.05, 0.1) is 9.78 Å². The zero-order valence-corrected chi connectivity index (χ0v) is 9.65. The largest absolute Gasteiger partial charge is 0.365 e. The number of primary amides is 1. The average molecular weight is 241 g/mol. The van der Waals surface area contributed by atoms with E-state index in [4.69, 9.17) is 5.73 Å². The Morgan fingerprint density at radius 1 is 1.73 bits per heavy atom. The van der Waals surface area contributed by atoms with Gasteiger partial charge < -0.3 is 11.1 Å². The van der Waals surface area contributed by atoms with Crippen LogP contribution < -0.4 is 11.1 Å². The standard InChI is InChI=1S/C9H11N3OS2/c10-8(13)7(14)3-6-4-11-9(15-6)12-5-1-2-5/h3-5,14H,1-2H2,(H2,10,13)(H,11,12)/b7-3-. The highest BCUT2D eigenvalue weighted by Crippen LogP contribution is 2.28. The predicted octanol–water partition coefficient (Wildman–Crippen LogP) is 1.47. The molecule has 0 aromatic carbocycles. The van der Waals surface area contributed by atoms with Crippen LogP contribution in [-0.2, 0) is 4.79 Å². The van der Waals surface area contributed by atoms with E-state index in [0.29, 0.717) is 6.04 Å². The molecular formula is C9H11N3OS2. The van der Waals surface area contributed by atoms with Gasteiger partial charge in [-0.05, 0) is 18.9 Å². The van der Waals surface area contributed by atoms with Crippen molar-refractivity contribution in [3.63, 3.8) is 0 Å². The van der Waals surface area contributed by atoms with Gasteiger partial charge in [-0.3, -0.25) is 4.79 Å². The molecule has 1 aromatic heterocycles. The van der Waals surface area contributed by atoms with Crippen LogP contribution in [0.3, 0.4) is 0 Å². The van der Waals surface area contributed by atoms with Gasteiger partial charge >= 0.3 is 0 Å². The number of hydrogen-bond donors (Lipinski definition) is 3. The number of anilines is 1. The number of aromatic nitrogens is 1. The van der Waals surface area contributed by atoms with Crippen molar-refractivity contribution in [2.24, 2.45) is 5.73 Å². The lowest BCUT2D eigenvalue weighted by molar-refractivity contribution is -0.113. The fourth-order valence-corrected chi connectivity index (χ4v) is 2.09. The third-order valence-corrected chi connectivity index (χ3v) is 3.19. The Bertz CT molecular complexity index is 409. The lowest BCUT2D eigenvalue weighted by Gasteiger charge is -1.95. The molecule has 1 aromatic rings. The maximum absolute atomic E-state index is 10.7. The minimum atomic E-state index is -0.525. The van der Waals surface area contributed by atoms with Crippen molar-refractivity contribution in [2.75, 3.05) is 5.32 Å². The molecule has 0 bridgehead atoms. The number of carbonyl (C=O) groups is 1. The summed E-state index contributed by atoms with van der Waals surface area (Å²) < 4.78 is 0. The average Bonchev–Trinajstić information content (AvgIpc) is 2.87. The lowest BCUT2D eigenvalue weighted by atomic mass is 10.4. The molecule has 0 radical (unpaired) electrons. The maximum Gasteiger partial charge on any atom is 0.254 e. The molecule has 1 amide bonds. The summed E-state index contributed by atoms with van der Waals surface area (Å²) in [6, 6.07) is 0.583. The lowest BCUT2D eigenvalue weighted by Crippen LogP contribution is -2.09. The molecular weight excluding hydrogens is 230 g/mol. The summed E-state index contributed by atoms with van der Waals surface area (Å²) in [5, 5.41) is 4.16. The van der Waals surface area contributed by atoms with Crippen molar-refractivity contribution in [1.29, 1.82) is 0 Å². The van der Waals surface area contributed by atoms with E-state index in [1.54, 1.807) is 12.3 Å². The van der Waals surface area contributed by atoms with Crippen LogP contribution in [0.1, 0.15) is 17.7 Å². The molecule has 4 nitrogen and oxygen atoms in total. The van der Waals surface area contributed by atoms with Gasteiger partial charge in [0, 0.05) is 12.2 Å². The van der Waals surface area contributed by atoms with E-state index in [1.807, 2.05) is 0 Å². The van der Waals surface area contributed by atoms with Gasteiger partial charge in [0.15, 0.2) is 5.13 Å². The maximum atomic E-state index is 10.7. The number of hydrogen-bond acceptors (Lipinski definition) is 5. The Kier molecular flexibility index (Phi) is 2.97. The summed E-state index contributed by atoms with van der Waals surface area (Å²) in [5.74, 6) is -0.525. The second-order valence-electron chi connectivity index (χ2n) is 3.38. The number of nitrogens with zero attached hydrogens (tertiary/aromatic N) is 1. The van der Waals surface area contributed by atoms with E-state index in [2.05, 4.69) is 22.9 Å². The molecule has 1 aliphatic rings. The molecule has 0 atom stereocenters. The fraction of sp³-hybridized carbons (Fsp3) is 0.333. The highest BCUT2D eigenvalue weighted by Gasteiger charge is 2.21. The number of amides is 1. The fourth-order valence-electron chi connectivity index (χ4n) is 1.03. The summed E-state index contributed by atoms with van der Waals surface area (Å²) >= 11 is 5.46. The Balaban J connectivity index is 2.05. The molecule has 0 spiro atoms. The van der Waals surface area contributed by atoms with Crippen molar-refractivity contribution in [3.8, 4) is 0 Å². The van der Waals surface area contributed by atoms with Crippen molar-refractivity contribution >= 4 is 41.1 Å². The highest BCUT2D eigenvalue weighted by molar-refractivity contribution is 7.85. The SMILES string of the molecule is NC(=O)/C(S)=C/c1cnc(NC2CC2)s1. The van der Waals surface area contributed by atoms with Gasteiger partial charge in [-0.2, -0.15) is 0 Å². The molecule has 0 unspecified atom stereocenters. The van der Waals surface area contributed by atoms with Gasteiger partial charge in [0.1, 0.15) is 0 Å². The van der Waals surface area contributed by atoms with Crippen molar-refractivity contribution in [2.45, 2.75) is 18.9 Å². The van der Waals surface area contributed by atoms with Crippen molar-refractivity contribution in [3.05, 3.63) is 16.0 Å². The summed E-state index contributed by atoms with van der Waals surface area (Å²) in [6.45, 7) is 0. The Morgan fingerprint density at radius 2 is 2.47 bits per heavy atom. The molecule has 80 valence electrons.